The number of carbonyl (C=O) groups excluding carboxylic acids is 1. The molecule has 0 bridgehead atoms. The molecule has 2 aromatic carbocycles. The molecule has 1 amide bonds. The van der Waals surface area contributed by atoms with Gasteiger partial charge in [0.25, 0.3) is 5.91 Å². The Labute approximate surface area is 143 Å². The van der Waals surface area contributed by atoms with Gasteiger partial charge >= 0.3 is 0 Å². The van der Waals surface area contributed by atoms with Gasteiger partial charge in [-0.1, -0.05) is 24.3 Å². The van der Waals surface area contributed by atoms with E-state index in [0.717, 1.165) is 16.2 Å². The van der Waals surface area contributed by atoms with Crippen LogP contribution in [0, 0.1) is 0 Å². The van der Waals surface area contributed by atoms with Crippen LogP contribution >= 0.6 is 0 Å². The Kier molecular flexibility index (Phi) is 6.21. The summed E-state index contributed by atoms with van der Waals surface area (Å²) in [7, 11) is 5.25. The van der Waals surface area contributed by atoms with Crippen molar-refractivity contribution < 1.29 is 19.2 Å². The largest absolute Gasteiger partial charge is 0.496 e. The molecular weight excluding hydrogens is 304 g/mol. The maximum absolute atomic E-state index is 12.5. The third-order valence-corrected chi connectivity index (χ3v) is 4.16. The fourth-order valence-corrected chi connectivity index (χ4v) is 2.52. The molecule has 0 saturated carbocycles. The van der Waals surface area contributed by atoms with Gasteiger partial charge in [-0.05, 0) is 31.2 Å². The molecule has 0 spiro atoms. The van der Waals surface area contributed by atoms with E-state index in [2.05, 4.69) is 5.32 Å². The van der Waals surface area contributed by atoms with E-state index in [1.54, 1.807) is 14.2 Å². The monoisotopic (exact) mass is 329 g/mol. The minimum atomic E-state index is -0.222. The zero-order valence-corrected chi connectivity index (χ0v) is 14.6. The van der Waals surface area contributed by atoms with Crippen molar-refractivity contribution in [1.82, 2.24) is 0 Å². The van der Waals surface area contributed by atoms with E-state index < -0.39 is 0 Å². The first-order valence-corrected chi connectivity index (χ1v) is 7.95. The predicted octanol–water partition coefficient (Wildman–Crippen LogP) is 1.75. The highest BCUT2D eigenvalue weighted by atomic mass is 16.5. The number of hydrogen-bond acceptors (Lipinski definition) is 3. The van der Waals surface area contributed by atoms with Gasteiger partial charge in [0.15, 0.2) is 6.04 Å². The molecule has 0 radical (unpaired) electrons. The number of rotatable bonds is 7. The maximum atomic E-state index is 12.5. The van der Waals surface area contributed by atoms with Crippen molar-refractivity contribution in [2.75, 3.05) is 26.6 Å². The Balaban J connectivity index is 2.04. The van der Waals surface area contributed by atoms with Crippen molar-refractivity contribution in [1.29, 1.82) is 0 Å². The molecule has 24 heavy (non-hydrogen) atoms. The summed E-state index contributed by atoms with van der Waals surface area (Å²) in [6.07, 6.45) is 0. The lowest BCUT2D eigenvalue weighted by Crippen LogP contribution is -3.12. The van der Waals surface area contributed by atoms with Crippen LogP contribution in [0.4, 0.5) is 5.69 Å². The first-order chi connectivity index (χ1) is 11.6. The van der Waals surface area contributed by atoms with E-state index >= 15 is 0 Å². The molecule has 0 saturated heterocycles. The van der Waals surface area contributed by atoms with Crippen LogP contribution in [0.2, 0.25) is 0 Å². The van der Waals surface area contributed by atoms with E-state index in [4.69, 9.17) is 9.47 Å². The Bertz CT molecular complexity index is 688. The first-order valence-electron chi connectivity index (χ1n) is 7.95. The molecule has 2 rings (SSSR count). The molecule has 0 aliphatic heterocycles. The van der Waals surface area contributed by atoms with E-state index in [1.807, 2.05) is 62.5 Å². The molecule has 128 valence electrons. The SMILES string of the molecule is COc1ccccc1C[NH+](C)[C@H](C)C(=O)Nc1ccccc1OC. The number of ether oxygens (including phenoxy) is 2. The van der Waals surface area contributed by atoms with Crippen LogP contribution in [0.1, 0.15) is 12.5 Å². The van der Waals surface area contributed by atoms with Crippen LogP contribution in [0.3, 0.4) is 0 Å². The van der Waals surface area contributed by atoms with Crippen molar-refractivity contribution in [2.45, 2.75) is 19.5 Å². The number of hydrogen-bond donors (Lipinski definition) is 2. The standard InChI is InChI=1S/C19H24N2O3/c1-14(19(22)20-16-10-6-8-12-18(16)24-4)21(2)13-15-9-5-7-11-17(15)23-3/h5-12,14H,13H2,1-4H3,(H,20,22)/p+1/t14-/m1/s1. The third-order valence-electron chi connectivity index (χ3n) is 4.16. The quantitative estimate of drug-likeness (QED) is 0.814. The molecule has 2 N–H and O–H groups in total. The maximum Gasteiger partial charge on any atom is 0.282 e. The summed E-state index contributed by atoms with van der Waals surface area (Å²) in [6.45, 7) is 2.61. The van der Waals surface area contributed by atoms with Gasteiger partial charge in [0.1, 0.15) is 18.0 Å². The average Bonchev–Trinajstić information content (AvgIpc) is 2.61. The van der Waals surface area contributed by atoms with Crippen LogP contribution in [0.25, 0.3) is 0 Å². The van der Waals surface area contributed by atoms with Crippen molar-refractivity contribution in [3.05, 3.63) is 54.1 Å². The molecule has 2 aromatic rings. The second kappa shape index (κ2) is 8.36. The van der Waals surface area contributed by atoms with Gasteiger partial charge in [-0.15, -0.1) is 0 Å². The lowest BCUT2D eigenvalue weighted by molar-refractivity contribution is -0.907. The van der Waals surface area contributed by atoms with Crippen molar-refractivity contribution in [2.24, 2.45) is 0 Å². The summed E-state index contributed by atoms with van der Waals surface area (Å²) < 4.78 is 10.7. The van der Waals surface area contributed by atoms with Gasteiger partial charge < -0.3 is 19.7 Å². The molecule has 2 atom stereocenters. The molecular formula is C19H25N2O3+. The third kappa shape index (κ3) is 4.26. The molecule has 1 unspecified atom stereocenters. The number of quaternary nitrogens is 1. The number of amides is 1. The minimum Gasteiger partial charge on any atom is -0.496 e. The summed E-state index contributed by atoms with van der Waals surface area (Å²) in [6, 6.07) is 15.0. The van der Waals surface area contributed by atoms with Crippen molar-refractivity contribution in [3.8, 4) is 11.5 Å². The topological polar surface area (TPSA) is 52.0 Å². The Morgan fingerprint density at radius 2 is 1.62 bits per heavy atom. The average molecular weight is 329 g/mol. The lowest BCUT2D eigenvalue weighted by atomic mass is 10.1. The van der Waals surface area contributed by atoms with Gasteiger partial charge in [-0.3, -0.25) is 4.79 Å². The summed E-state index contributed by atoms with van der Waals surface area (Å²) in [5.41, 5.74) is 1.76. The van der Waals surface area contributed by atoms with E-state index in [-0.39, 0.29) is 11.9 Å². The van der Waals surface area contributed by atoms with Crippen LogP contribution in [0.15, 0.2) is 48.5 Å². The Morgan fingerprint density at radius 1 is 1.04 bits per heavy atom. The molecule has 0 heterocycles. The van der Waals surface area contributed by atoms with E-state index in [9.17, 15) is 4.79 Å². The molecule has 5 heteroatoms. The van der Waals surface area contributed by atoms with Crippen LogP contribution in [-0.4, -0.2) is 33.2 Å². The second-order valence-electron chi connectivity index (χ2n) is 5.75. The van der Waals surface area contributed by atoms with Crippen LogP contribution in [0.5, 0.6) is 11.5 Å². The highest BCUT2D eigenvalue weighted by molar-refractivity contribution is 5.94. The van der Waals surface area contributed by atoms with E-state index in [0.29, 0.717) is 18.0 Å². The number of nitrogens with one attached hydrogen (secondary N) is 2. The van der Waals surface area contributed by atoms with Gasteiger partial charge in [0, 0.05) is 5.56 Å². The van der Waals surface area contributed by atoms with Crippen LogP contribution in [-0.2, 0) is 11.3 Å². The molecule has 5 nitrogen and oxygen atoms in total. The summed E-state index contributed by atoms with van der Waals surface area (Å²) >= 11 is 0. The highest BCUT2D eigenvalue weighted by Gasteiger charge is 2.23. The number of anilines is 1. The molecule has 0 fully saturated rings. The lowest BCUT2D eigenvalue weighted by Gasteiger charge is -2.22. The van der Waals surface area contributed by atoms with Crippen molar-refractivity contribution in [3.63, 3.8) is 0 Å². The molecule has 0 aromatic heterocycles. The predicted molar refractivity (Wildman–Crippen MR) is 94.7 cm³/mol. The Hall–Kier alpha value is -2.53. The highest BCUT2D eigenvalue weighted by Crippen LogP contribution is 2.23. The summed E-state index contributed by atoms with van der Waals surface area (Å²) in [5.74, 6) is 1.45. The van der Waals surface area contributed by atoms with Gasteiger partial charge in [-0.2, -0.15) is 0 Å². The number of para-hydroxylation sites is 3. The normalized spacial score (nSPS) is 13.0. The summed E-state index contributed by atoms with van der Waals surface area (Å²) in [4.78, 5) is 13.6. The molecule has 0 aliphatic carbocycles. The number of carbonyl (C=O) groups is 1. The number of likely N-dealkylation sites (N-methyl/N-ethyl adjacent to an activating group) is 1. The fourth-order valence-electron chi connectivity index (χ4n) is 2.52. The molecule has 0 aliphatic rings. The first kappa shape index (κ1) is 17.8. The number of benzene rings is 2. The van der Waals surface area contributed by atoms with E-state index in [1.165, 1.54) is 0 Å². The van der Waals surface area contributed by atoms with Crippen LogP contribution < -0.4 is 19.7 Å². The zero-order valence-electron chi connectivity index (χ0n) is 14.6. The van der Waals surface area contributed by atoms with Crippen molar-refractivity contribution >= 4 is 11.6 Å². The summed E-state index contributed by atoms with van der Waals surface area (Å²) in [5, 5.41) is 2.94. The minimum absolute atomic E-state index is 0.0492. The van der Waals surface area contributed by atoms with Gasteiger partial charge in [0.05, 0.1) is 27.0 Å². The smallest absolute Gasteiger partial charge is 0.282 e. The van der Waals surface area contributed by atoms with Gasteiger partial charge in [0.2, 0.25) is 0 Å². The van der Waals surface area contributed by atoms with Gasteiger partial charge in [-0.25, -0.2) is 0 Å². The number of methoxy groups -OCH3 is 2. The fraction of sp³-hybridized carbons (Fsp3) is 0.316. The zero-order chi connectivity index (χ0) is 17.5. The Morgan fingerprint density at radius 3 is 2.29 bits per heavy atom. The second-order valence-corrected chi connectivity index (χ2v) is 5.75.